The first-order chi connectivity index (χ1) is 14.0. The van der Waals surface area contributed by atoms with Gasteiger partial charge in [-0.25, -0.2) is 17.4 Å². The molecule has 0 N–H and O–H groups in total. The van der Waals surface area contributed by atoms with Crippen LogP contribution < -0.4 is 4.31 Å². The van der Waals surface area contributed by atoms with Crippen LogP contribution in [0.1, 0.15) is 11.1 Å². The minimum Gasteiger partial charge on any atom is -0.244 e. The van der Waals surface area contributed by atoms with E-state index in [1.54, 1.807) is 41.2 Å². The number of aromatic nitrogens is 2. The van der Waals surface area contributed by atoms with E-state index in [0.29, 0.717) is 5.82 Å². The van der Waals surface area contributed by atoms with Crippen LogP contribution in [0, 0.1) is 6.92 Å². The molecule has 5 nitrogen and oxygen atoms in total. The SMILES string of the molecule is Cc1ccc(S(=O)(=O)N(Cc2ccccc2)c2ccn(-c3ccccc3)n2)cc1. The lowest BCUT2D eigenvalue weighted by Gasteiger charge is -2.22. The van der Waals surface area contributed by atoms with Crippen molar-refractivity contribution in [3.05, 3.63) is 108 Å². The van der Waals surface area contributed by atoms with Gasteiger partial charge in [-0.2, -0.15) is 0 Å². The molecule has 1 heterocycles. The number of sulfonamides is 1. The molecule has 0 saturated heterocycles. The van der Waals surface area contributed by atoms with Crippen LogP contribution in [-0.2, 0) is 16.6 Å². The van der Waals surface area contributed by atoms with Crippen molar-refractivity contribution < 1.29 is 8.42 Å². The van der Waals surface area contributed by atoms with E-state index >= 15 is 0 Å². The summed E-state index contributed by atoms with van der Waals surface area (Å²) >= 11 is 0. The first-order valence-corrected chi connectivity index (χ1v) is 10.7. The van der Waals surface area contributed by atoms with E-state index in [0.717, 1.165) is 16.8 Å². The third kappa shape index (κ3) is 4.07. The molecule has 4 aromatic rings. The summed E-state index contributed by atoms with van der Waals surface area (Å²) in [4.78, 5) is 0.244. The van der Waals surface area contributed by atoms with Crippen LogP contribution in [0.25, 0.3) is 5.69 Å². The predicted molar refractivity (Wildman–Crippen MR) is 115 cm³/mol. The first kappa shape index (κ1) is 19.0. The first-order valence-electron chi connectivity index (χ1n) is 9.28. The normalized spacial score (nSPS) is 11.3. The zero-order valence-electron chi connectivity index (χ0n) is 16.0. The number of para-hydroxylation sites is 1. The van der Waals surface area contributed by atoms with E-state index < -0.39 is 10.0 Å². The van der Waals surface area contributed by atoms with Crippen LogP contribution in [-0.4, -0.2) is 18.2 Å². The van der Waals surface area contributed by atoms with Crippen molar-refractivity contribution in [1.82, 2.24) is 9.78 Å². The van der Waals surface area contributed by atoms with Crippen LogP contribution in [0.4, 0.5) is 5.82 Å². The third-order valence-corrected chi connectivity index (χ3v) is 6.39. The Kier molecular flexibility index (Phi) is 5.18. The van der Waals surface area contributed by atoms with Crippen LogP contribution in [0.3, 0.4) is 0 Å². The van der Waals surface area contributed by atoms with Crippen LogP contribution >= 0.6 is 0 Å². The summed E-state index contributed by atoms with van der Waals surface area (Å²) in [5, 5.41) is 4.55. The maximum atomic E-state index is 13.5. The topological polar surface area (TPSA) is 55.2 Å². The Bertz CT molecular complexity index is 1190. The van der Waals surface area contributed by atoms with Gasteiger partial charge < -0.3 is 0 Å². The number of rotatable bonds is 6. The maximum Gasteiger partial charge on any atom is 0.265 e. The highest BCUT2D eigenvalue weighted by molar-refractivity contribution is 7.92. The number of nitrogens with zero attached hydrogens (tertiary/aromatic N) is 3. The van der Waals surface area contributed by atoms with Gasteiger partial charge in [0.05, 0.1) is 17.1 Å². The molecule has 0 bridgehead atoms. The fourth-order valence-electron chi connectivity index (χ4n) is 3.05. The van der Waals surface area contributed by atoms with E-state index in [2.05, 4.69) is 5.10 Å². The van der Waals surface area contributed by atoms with E-state index in [1.807, 2.05) is 67.6 Å². The fraction of sp³-hybridized carbons (Fsp3) is 0.0870. The molecule has 0 saturated carbocycles. The Morgan fingerprint density at radius 2 is 1.45 bits per heavy atom. The number of aryl methyl sites for hydroxylation is 1. The van der Waals surface area contributed by atoms with Gasteiger partial charge in [0.15, 0.2) is 5.82 Å². The Labute approximate surface area is 170 Å². The molecule has 0 aliphatic rings. The summed E-state index contributed by atoms with van der Waals surface area (Å²) in [6, 6.07) is 27.7. The molecule has 3 aromatic carbocycles. The second kappa shape index (κ2) is 7.93. The average Bonchev–Trinajstić information content (AvgIpc) is 3.23. The van der Waals surface area contributed by atoms with Gasteiger partial charge in [-0.1, -0.05) is 66.2 Å². The monoisotopic (exact) mass is 403 g/mol. The van der Waals surface area contributed by atoms with Gasteiger partial charge in [-0.15, -0.1) is 5.10 Å². The minimum atomic E-state index is -3.78. The number of benzene rings is 3. The van der Waals surface area contributed by atoms with Gasteiger partial charge in [0.1, 0.15) is 0 Å². The summed E-state index contributed by atoms with van der Waals surface area (Å²) < 4.78 is 30.0. The number of hydrogen-bond acceptors (Lipinski definition) is 3. The zero-order valence-corrected chi connectivity index (χ0v) is 16.8. The lowest BCUT2D eigenvalue weighted by Crippen LogP contribution is -2.31. The summed E-state index contributed by atoms with van der Waals surface area (Å²) in [5.74, 6) is 0.373. The van der Waals surface area contributed by atoms with Crippen molar-refractivity contribution >= 4 is 15.8 Å². The molecule has 1 aromatic heterocycles. The largest absolute Gasteiger partial charge is 0.265 e. The Morgan fingerprint density at radius 3 is 2.10 bits per heavy atom. The Morgan fingerprint density at radius 1 is 0.828 bits per heavy atom. The van der Waals surface area contributed by atoms with Gasteiger partial charge >= 0.3 is 0 Å². The van der Waals surface area contributed by atoms with E-state index in [4.69, 9.17) is 0 Å². The quantitative estimate of drug-likeness (QED) is 0.474. The van der Waals surface area contributed by atoms with Crippen molar-refractivity contribution in [2.75, 3.05) is 4.31 Å². The average molecular weight is 404 g/mol. The summed E-state index contributed by atoms with van der Waals surface area (Å²) in [6.45, 7) is 2.13. The highest BCUT2D eigenvalue weighted by atomic mass is 32.2. The van der Waals surface area contributed by atoms with Gasteiger partial charge in [-0.3, -0.25) is 0 Å². The lowest BCUT2D eigenvalue weighted by molar-refractivity contribution is 0.589. The minimum absolute atomic E-state index is 0.197. The Balaban J connectivity index is 1.77. The smallest absolute Gasteiger partial charge is 0.244 e. The molecule has 6 heteroatoms. The molecule has 0 unspecified atom stereocenters. The van der Waals surface area contributed by atoms with E-state index in [9.17, 15) is 8.42 Å². The van der Waals surface area contributed by atoms with Crippen molar-refractivity contribution in [2.45, 2.75) is 18.4 Å². The van der Waals surface area contributed by atoms with Crippen LogP contribution in [0.15, 0.2) is 102 Å². The molecule has 29 heavy (non-hydrogen) atoms. The molecule has 0 amide bonds. The predicted octanol–water partition coefficient (Wildman–Crippen LogP) is 4.58. The molecular formula is C23H21N3O2S. The number of hydrogen-bond donors (Lipinski definition) is 0. The van der Waals surface area contributed by atoms with Gasteiger partial charge in [0, 0.05) is 12.3 Å². The standard InChI is InChI=1S/C23H21N3O2S/c1-19-12-14-22(15-13-19)29(27,28)26(18-20-8-4-2-5-9-20)23-16-17-25(24-23)21-10-6-3-7-11-21/h2-17H,18H2,1H3. The Hall–Kier alpha value is -3.38. The molecule has 0 fully saturated rings. The lowest BCUT2D eigenvalue weighted by atomic mass is 10.2. The summed E-state index contributed by atoms with van der Waals surface area (Å²) in [7, 11) is -3.78. The zero-order chi connectivity index (χ0) is 20.3. The van der Waals surface area contributed by atoms with Crippen molar-refractivity contribution in [3.8, 4) is 5.69 Å². The third-order valence-electron chi connectivity index (χ3n) is 4.63. The summed E-state index contributed by atoms with van der Waals surface area (Å²) in [6.07, 6.45) is 1.77. The second-order valence-electron chi connectivity index (χ2n) is 6.76. The molecule has 0 radical (unpaired) electrons. The molecule has 0 aliphatic carbocycles. The van der Waals surface area contributed by atoms with Gasteiger partial charge in [-0.05, 0) is 36.8 Å². The molecule has 0 atom stereocenters. The number of anilines is 1. The molecular weight excluding hydrogens is 382 g/mol. The van der Waals surface area contributed by atoms with Gasteiger partial charge in [0.2, 0.25) is 0 Å². The van der Waals surface area contributed by atoms with Crippen LogP contribution in [0.5, 0.6) is 0 Å². The summed E-state index contributed by atoms with van der Waals surface area (Å²) in [5.41, 5.74) is 2.76. The molecule has 0 aliphatic heterocycles. The molecule has 0 spiro atoms. The maximum absolute atomic E-state index is 13.5. The highest BCUT2D eigenvalue weighted by Crippen LogP contribution is 2.25. The van der Waals surface area contributed by atoms with Crippen molar-refractivity contribution in [2.24, 2.45) is 0 Å². The van der Waals surface area contributed by atoms with Crippen molar-refractivity contribution in [3.63, 3.8) is 0 Å². The molecule has 4 rings (SSSR count). The van der Waals surface area contributed by atoms with Crippen molar-refractivity contribution in [1.29, 1.82) is 0 Å². The fourth-order valence-corrected chi connectivity index (χ4v) is 4.44. The van der Waals surface area contributed by atoms with E-state index in [1.165, 1.54) is 4.31 Å². The second-order valence-corrected chi connectivity index (χ2v) is 8.63. The highest BCUT2D eigenvalue weighted by Gasteiger charge is 2.27. The van der Waals surface area contributed by atoms with E-state index in [-0.39, 0.29) is 11.4 Å². The van der Waals surface area contributed by atoms with Crippen LogP contribution in [0.2, 0.25) is 0 Å². The molecule has 146 valence electrons. The van der Waals surface area contributed by atoms with Gasteiger partial charge in [0.25, 0.3) is 10.0 Å².